The highest BCUT2D eigenvalue weighted by Gasteiger charge is 2.43. The number of methoxy groups -OCH3 is 1. The summed E-state index contributed by atoms with van der Waals surface area (Å²) in [7, 11) is -0.918. The van der Waals surface area contributed by atoms with E-state index in [4.69, 9.17) is 14.0 Å². The minimum atomic E-state index is -3.73. The predicted molar refractivity (Wildman–Crippen MR) is 165 cm³/mol. The van der Waals surface area contributed by atoms with Gasteiger partial charge in [0, 0.05) is 43.3 Å². The van der Waals surface area contributed by atoms with E-state index < -0.39 is 19.1 Å². The second kappa shape index (κ2) is 13.7. The number of rotatable bonds is 14. The van der Waals surface area contributed by atoms with Gasteiger partial charge >= 0.3 is 7.60 Å². The Morgan fingerprint density at radius 3 is 2.36 bits per heavy atom. The van der Waals surface area contributed by atoms with Gasteiger partial charge < -0.3 is 18.9 Å². The van der Waals surface area contributed by atoms with E-state index in [0.717, 1.165) is 35.1 Å². The molecule has 1 heterocycles. The van der Waals surface area contributed by atoms with Gasteiger partial charge in [0.1, 0.15) is 18.2 Å². The molecule has 0 bridgehead atoms. The van der Waals surface area contributed by atoms with E-state index in [1.165, 1.54) is 20.4 Å². The van der Waals surface area contributed by atoms with E-state index in [-0.39, 0.29) is 5.92 Å². The molecule has 0 radical (unpaired) electrons. The zero-order valence-electron chi connectivity index (χ0n) is 25.7. The van der Waals surface area contributed by atoms with Crippen molar-refractivity contribution < 1.29 is 27.8 Å². The first-order valence-electron chi connectivity index (χ1n) is 14.6. The average molecular weight is 599 g/mol. The zero-order chi connectivity index (χ0) is 30.6. The maximum atomic E-state index is 15.0. The summed E-state index contributed by atoms with van der Waals surface area (Å²) in [6, 6.07) is 16.0. The summed E-state index contributed by atoms with van der Waals surface area (Å²) < 4.78 is 44.2. The SMILES string of the molecule is COc1cc(-c2ccc(COc3cccc(C(C4CC4)C(C)P(=O)(O)OC)c3)cc2CN(C(C)C)C(C)C)c(F)cn1. The largest absolute Gasteiger partial charge is 0.489 e. The van der Waals surface area contributed by atoms with Crippen LogP contribution in [0.2, 0.25) is 0 Å². The molecule has 0 aliphatic heterocycles. The number of ether oxygens (including phenoxy) is 2. The van der Waals surface area contributed by atoms with Gasteiger partial charge in [-0.15, -0.1) is 0 Å². The highest BCUT2D eigenvalue weighted by atomic mass is 31.2. The molecule has 1 N–H and O–H groups in total. The van der Waals surface area contributed by atoms with Crippen molar-refractivity contribution in [1.29, 1.82) is 0 Å². The minimum absolute atomic E-state index is 0.0829. The molecule has 1 aromatic heterocycles. The van der Waals surface area contributed by atoms with Crippen LogP contribution in [0.25, 0.3) is 11.1 Å². The first-order valence-corrected chi connectivity index (χ1v) is 16.3. The molecular weight excluding hydrogens is 554 g/mol. The third kappa shape index (κ3) is 7.59. The fraction of sp³-hybridized carbons (Fsp3) is 0.485. The van der Waals surface area contributed by atoms with Crippen molar-refractivity contribution in [3.63, 3.8) is 0 Å². The summed E-state index contributed by atoms with van der Waals surface area (Å²) in [5, 5.41) is 0. The maximum Gasteiger partial charge on any atom is 0.331 e. The lowest BCUT2D eigenvalue weighted by Gasteiger charge is -2.31. The molecule has 0 saturated heterocycles. The molecule has 0 amide bonds. The van der Waals surface area contributed by atoms with Gasteiger partial charge in [-0.2, -0.15) is 0 Å². The highest BCUT2D eigenvalue weighted by molar-refractivity contribution is 7.53. The quantitative estimate of drug-likeness (QED) is 0.190. The molecule has 4 rings (SSSR count). The van der Waals surface area contributed by atoms with Crippen LogP contribution < -0.4 is 9.47 Å². The van der Waals surface area contributed by atoms with E-state index in [0.29, 0.717) is 48.3 Å². The molecule has 3 aromatic rings. The van der Waals surface area contributed by atoms with Crippen LogP contribution in [0.3, 0.4) is 0 Å². The summed E-state index contributed by atoms with van der Waals surface area (Å²) in [5.41, 5.74) is 3.65. The van der Waals surface area contributed by atoms with Crippen molar-refractivity contribution in [2.24, 2.45) is 5.92 Å². The second-order valence-electron chi connectivity index (χ2n) is 11.8. The Morgan fingerprint density at radius 2 is 1.74 bits per heavy atom. The fourth-order valence-electron chi connectivity index (χ4n) is 5.77. The Morgan fingerprint density at radius 1 is 1.02 bits per heavy atom. The highest BCUT2D eigenvalue weighted by Crippen LogP contribution is 2.58. The Labute approximate surface area is 249 Å². The van der Waals surface area contributed by atoms with E-state index in [1.54, 1.807) is 13.0 Å². The number of aromatic nitrogens is 1. The van der Waals surface area contributed by atoms with E-state index >= 15 is 4.39 Å². The van der Waals surface area contributed by atoms with Crippen molar-refractivity contribution in [1.82, 2.24) is 9.88 Å². The molecule has 2 aromatic carbocycles. The van der Waals surface area contributed by atoms with Crippen molar-refractivity contribution in [2.45, 2.75) is 84.3 Å². The molecule has 42 heavy (non-hydrogen) atoms. The Hall–Kier alpha value is -2.77. The monoisotopic (exact) mass is 598 g/mol. The van der Waals surface area contributed by atoms with Gasteiger partial charge in [-0.25, -0.2) is 9.37 Å². The number of benzene rings is 2. The van der Waals surface area contributed by atoms with Gasteiger partial charge in [-0.05, 0) is 80.8 Å². The minimum Gasteiger partial charge on any atom is -0.489 e. The van der Waals surface area contributed by atoms with Gasteiger partial charge in [0.05, 0.1) is 19.0 Å². The molecule has 1 aliphatic carbocycles. The first kappa shape index (κ1) is 32.2. The van der Waals surface area contributed by atoms with Gasteiger partial charge in [0.25, 0.3) is 0 Å². The van der Waals surface area contributed by atoms with Crippen LogP contribution >= 0.6 is 7.60 Å². The smallest absolute Gasteiger partial charge is 0.331 e. The predicted octanol–water partition coefficient (Wildman–Crippen LogP) is 7.81. The lowest BCUT2D eigenvalue weighted by Crippen LogP contribution is -2.36. The van der Waals surface area contributed by atoms with Gasteiger partial charge in [-0.3, -0.25) is 9.46 Å². The number of nitrogens with zero attached hydrogens (tertiary/aromatic N) is 2. The van der Waals surface area contributed by atoms with Crippen molar-refractivity contribution in [3.05, 3.63) is 77.2 Å². The van der Waals surface area contributed by atoms with Crippen LogP contribution in [0, 0.1) is 11.7 Å². The van der Waals surface area contributed by atoms with Crippen molar-refractivity contribution >= 4 is 7.60 Å². The topological polar surface area (TPSA) is 81.1 Å². The first-order chi connectivity index (χ1) is 19.9. The summed E-state index contributed by atoms with van der Waals surface area (Å²) in [6.45, 7) is 11.4. The molecule has 1 fully saturated rings. The molecule has 228 valence electrons. The van der Waals surface area contributed by atoms with E-state index in [1.807, 2.05) is 36.4 Å². The third-order valence-corrected chi connectivity index (χ3v) is 10.1. The Balaban J connectivity index is 1.62. The molecule has 9 heteroatoms. The van der Waals surface area contributed by atoms with Crippen LogP contribution in [-0.4, -0.2) is 46.7 Å². The number of pyridine rings is 1. The van der Waals surface area contributed by atoms with Crippen LogP contribution in [0.1, 0.15) is 70.1 Å². The molecule has 3 unspecified atom stereocenters. The van der Waals surface area contributed by atoms with Gasteiger partial charge in [-0.1, -0.05) is 37.3 Å². The lowest BCUT2D eigenvalue weighted by atomic mass is 9.91. The standard InChI is InChI=1S/C33H44FN2O5P/c1-21(2)36(22(3)4)19-27-15-24(11-14-29(27)30-17-32(39-6)35-18-31(30)34)20-41-28-10-8-9-26(16-28)33(25-12-13-25)23(5)42(37,38)40-7/h8-11,14-18,21-23,25,33H,12-13,19-20H2,1-7H3,(H,37,38). The van der Waals surface area contributed by atoms with Crippen LogP contribution in [0.15, 0.2) is 54.7 Å². The molecule has 1 saturated carbocycles. The second-order valence-corrected chi connectivity index (χ2v) is 14.1. The Bertz CT molecular complexity index is 1400. The molecule has 7 nitrogen and oxygen atoms in total. The van der Waals surface area contributed by atoms with Gasteiger partial charge in [0.15, 0.2) is 0 Å². The molecule has 3 atom stereocenters. The Kier molecular flexibility index (Phi) is 10.5. The summed E-state index contributed by atoms with van der Waals surface area (Å²) >= 11 is 0. The molecule has 1 aliphatic rings. The number of hydrogen-bond donors (Lipinski definition) is 1. The van der Waals surface area contributed by atoms with Crippen LogP contribution in [0.5, 0.6) is 11.6 Å². The summed E-state index contributed by atoms with van der Waals surface area (Å²) in [4.78, 5) is 16.8. The number of hydrogen-bond acceptors (Lipinski definition) is 6. The molecule has 0 spiro atoms. The lowest BCUT2D eigenvalue weighted by molar-refractivity contribution is 0.166. The zero-order valence-corrected chi connectivity index (χ0v) is 26.6. The maximum absolute atomic E-state index is 15.0. The fourth-order valence-corrected chi connectivity index (χ4v) is 6.93. The molecular formula is C33H44FN2O5P. The van der Waals surface area contributed by atoms with Crippen molar-refractivity contribution in [2.75, 3.05) is 14.2 Å². The van der Waals surface area contributed by atoms with E-state index in [9.17, 15) is 9.46 Å². The summed E-state index contributed by atoms with van der Waals surface area (Å²) in [5.74, 6) is 0.922. The van der Waals surface area contributed by atoms with E-state index in [2.05, 4.69) is 43.6 Å². The number of halogens is 1. The van der Waals surface area contributed by atoms with Crippen molar-refractivity contribution in [3.8, 4) is 22.8 Å². The van der Waals surface area contributed by atoms with Crippen LogP contribution in [0.4, 0.5) is 4.39 Å². The van der Waals surface area contributed by atoms with Crippen LogP contribution in [-0.2, 0) is 22.2 Å². The van der Waals surface area contributed by atoms with Gasteiger partial charge in [0.2, 0.25) is 5.88 Å². The average Bonchev–Trinajstić information content (AvgIpc) is 3.80. The summed E-state index contributed by atoms with van der Waals surface area (Å²) in [6.07, 6.45) is 3.27. The normalized spacial score (nSPS) is 16.5. The third-order valence-electron chi connectivity index (χ3n) is 8.25.